The monoisotopic (exact) mass is 249 g/mol. The summed E-state index contributed by atoms with van der Waals surface area (Å²) in [4.78, 5) is 18.2. The summed E-state index contributed by atoms with van der Waals surface area (Å²) >= 11 is 0. The van der Waals surface area contributed by atoms with Gasteiger partial charge in [-0.05, 0) is 32.4 Å². The molecule has 0 fully saturated rings. The highest BCUT2D eigenvalue weighted by Gasteiger charge is 2.19. The van der Waals surface area contributed by atoms with Crippen molar-refractivity contribution in [3.05, 3.63) is 18.3 Å². The minimum absolute atomic E-state index is 0.107. The number of hydrogen-bond acceptors (Lipinski definition) is 3. The van der Waals surface area contributed by atoms with Crippen LogP contribution >= 0.6 is 0 Å². The lowest BCUT2D eigenvalue weighted by molar-refractivity contribution is -0.119. The molecule has 0 saturated heterocycles. The van der Waals surface area contributed by atoms with Gasteiger partial charge in [-0.3, -0.25) is 9.69 Å². The van der Waals surface area contributed by atoms with E-state index in [-0.39, 0.29) is 11.9 Å². The van der Waals surface area contributed by atoms with E-state index in [1.165, 1.54) is 0 Å². The molecule has 0 bridgehead atoms. The Morgan fingerprint density at radius 2 is 2.11 bits per heavy atom. The number of pyridine rings is 1. The molecule has 0 spiro atoms. The lowest BCUT2D eigenvalue weighted by Gasteiger charge is -2.25. The van der Waals surface area contributed by atoms with Crippen LogP contribution in [-0.4, -0.2) is 16.9 Å². The number of amides is 1. The van der Waals surface area contributed by atoms with Crippen LogP contribution in [0.15, 0.2) is 18.3 Å². The molecular formula is C14H23N3O. The number of nitrogens with two attached hydrogens (primary N) is 1. The lowest BCUT2D eigenvalue weighted by Crippen LogP contribution is -2.37. The first-order valence-corrected chi connectivity index (χ1v) is 6.59. The van der Waals surface area contributed by atoms with Crippen LogP contribution in [0.25, 0.3) is 0 Å². The number of hydrogen-bond donors (Lipinski definition) is 1. The highest BCUT2D eigenvalue weighted by molar-refractivity contribution is 5.92. The third-order valence-corrected chi connectivity index (χ3v) is 2.80. The first kappa shape index (κ1) is 14.5. The average Bonchev–Trinajstić information content (AvgIpc) is 2.32. The Kier molecular flexibility index (Phi) is 5.62. The molecule has 0 unspecified atom stereocenters. The van der Waals surface area contributed by atoms with Crippen LogP contribution in [-0.2, 0) is 4.79 Å². The second kappa shape index (κ2) is 6.99. The van der Waals surface area contributed by atoms with Gasteiger partial charge in [-0.1, -0.05) is 19.8 Å². The van der Waals surface area contributed by atoms with Crippen LogP contribution < -0.4 is 10.6 Å². The molecular weight excluding hydrogens is 226 g/mol. The summed E-state index contributed by atoms with van der Waals surface area (Å²) in [6.45, 7) is 6.12. The first-order valence-electron chi connectivity index (χ1n) is 6.59. The quantitative estimate of drug-likeness (QED) is 0.788. The Balaban J connectivity index is 2.76. The molecule has 2 N–H and O–H groups in total. The summed E-state index contributed by atoms with van der Waals surface area (Å²) in [5, 5.41) is 0. The van der Waals surface area contributed by atoms with Gasteiger partial charge in [0.05, 0.1) is 11.9 Å². The van der Waals surface area contributed by atoms with Crippen molar-refractivity contribution in [1.82, 2.24) is 4.98 Å². The molecule has 1 amide bonds. The van der Waals surface area contributed by atoms with Crippen molar-refractivity contribution < 1.29 is 4.79 Å². The van der Waals surface area contributed by atoms with E-state index >= 15 is 0 Å². The number of nitrogens with zero attached hydrogens (tertiary/aromatic N) is 2. The fourth-order valence-corrected chi connectivity index (χ4v) is 1.87. The second-order valence-corrected chi connectivity index (χ2v) is 4.76. The fourth-order valence-electron chi connectivity index (χ4n) is 1.87. The molecule has 1 heterocycles. The standard InChI is InChI=1S/C14H23N3O/c1-4-5-6-7-14(18)17(11(2)3)13-9-8-12(15)10-16-13/h8-11H,4-7,15H2,1-3H3. The Morgan fingerprint density at radius 3 is 2.61 bits per heavy atom. The highest BCUT2D eigenvalue weighted by Crippen LogP contribution is 2.17. The minimum atomic E-state index is 0.107. The normalized spacial score (nSPS) is 10.7. The zero-order valence-electron chi connectivity index (χ0n) is 11.5. The van der Waals surface area contributed by atoms with Gasteiger partial charge in [0.15, 0.2) is 0 Å². The zero-order valence-corrected chi connectivity index (χ0v) is 11.5. The van der Waals surface area contributed by atoms with Crippen LogP contribution in [0.4, 0.5) is 11.5 Å². The molecule has 0 atom stereocenters. The van der Waals surface area contributed by atoms with Gasteiger partial charge < -0.3 is 5.73 Å². The number of nitrogen functional groups attached to an aromatic ring is 1. The molecule has 0 saturated carbocycles. The second-order valence-electron chi connectivity index (χ2n) is 4.76. The van der Waals surface area contributed by atoms with Crippen molar-refractivity contribution in [1.29, 1.82) is 0 Å². The number of rotatable bonds is 6. The summed E-state index contributed by atoms with van der Waals surface area (Å²) in [5.74, 6) is 0.816. The molecule has 1 aromatic rings. The summed E-state index contributed by atoms with van der Waals surface area (Å²) in [7, 11) is 0. The molecule has 18 heavy (non-hydrogen) atoms. The third kappa shape index (κ3) is 4.02. The average molecular weight is 249 g/mol. The SMILES string of the molecule is CCCCCC(=O)N(c1ccc(N)cn1)C(C)C. The Bertz CT molecular complexity index is 373. The summed E-state index contributed by atoms with van der Waals surface area (Å²) in [6.07, 6.45) is 5.32. The topological polar surface area (TPSA) is 59.2 Å². The zero-order chi connectivity index (χ0) is 13.5. The van der Waals surface area contributed by atoms with Gasteiger partial charge in [0.25, 0.3) is 0 Å². The van der Waals surface area contributed by atoms with E-state index < -0.39 is 0 Å². The summed E-state index contributed by atoms with van der Waals surface area (Å²) in [6, 6.07) is 3.68. The number of carbonyl (C=O) groups excluding carboxylic acids is 1. The van der Waals surface area contributed by atoms with E-state index in [9.17, 15) is 4.79 Å². The van der Waals surface area contributed by atoms with E-state index in [0.29, 0.717) is 17.9 Å². The van der Waals surface area contributed by atoms with E-state index in [1.807, 2.05) is 13.8 Å². The molecule has 0 aliphatic carbocycles. The minimum Gasteiger partial charge on any atom is -0.397 e. The molecule has 4 heteroatoms. The van der Waals surface area contributed by atoms with Gasteiger partial charge in [0, 0.05) is 12.5 Å². The van der Waals surface area contributed by atoms with Crippen molar-refractivity contribution in [2.24, 2.45) is 0 Å². The Morgan fingerprint density at radius 1 is 1.39 bits per heavy atom. The lowest BCUT2D eigenvalue weighted by atomic mass is 10.1. The van der Waals surface area contributed by atoms with E-state index in [0.717, 1.165) is 19.3 Å². The molecule has 0 aromatic carbocycles. The number of anilines is 2. The predicted molar refractivity (Wildman–Crippen MR) is 75.4 cm³/mol. The van der Waals surface area contributed by atoms with Crippen molar-refractivity contribution >= 4 is 17.4 Å². The van der Waals surface area contributed by atoms with Crippen molar-refractivity contribution in [2.75, 3.05) is 10.6 Å². The molecule has 4 nitrogen and oxygen atoms in total. The van der Waals surface area contributed by atoms with Gasteiger partial charge in [-0.15, -0.1) is 0 Å². The van der Waals surface area contributed by atoms with Gasteiger partial charge in [0.1, 0.15) is 5.82 Å². The van der Waals surface area contributed by atoms with Crippen LogP contribution in [0.2, 0.25) is 0 Å². The molecule has 0 aliphatic rings. The van der Waals surface area contributed by atoms with E-state index in [1.54, 1.807) is 23.2 Å². The molecule has 1 rings (SSSR count). The predicted octanol–water partition coefficient (Wildman–Crippen LogP) is 2.99. The maximum absolute atomic E-state index is 12.2. The summed E-state index contributed by atoms with van der Waals surface area (Å²) in [5.41, 5.74) is 6.22. The maximum atomic E-state index is 12.2. The molecule has 0 aliphatic heterocycles. The Labute approximate surface area is 109 Å². The smallest absolute Gasteiger partial charge is 0.228 e. The van der Waals surface area contributed by atoms with E-state index in [2.05, 4.69) is 11.9 Å². The van der Waals surface area contributed by atoms with Crippen molar-refractivity contribution in [3.8, 4) is 0 Å². The third-order valence-electron chi connectivity index (χ3n) is 2.80. The highest BCUT2D eigenvalue weighted by atomic mass is 16.2. The first-order chi connectivity index (χ1) is 8.56. The number of carbonyl (C=O) groups is 1. The Hall–Kier alpha value is -1.58. The van der Waals surface area contributed by atoms with Gasteiger partial charge in [-0.25, -0.2) is 4.98 Å². The fraction of sp³-hybridized carbons (Fsp3) is 0.571. The largest absolute Gasteiger partial charge is 0.397 e. The van der Waals surface area contributed by atoms with E-state index in [4.69, 9.17) is 5.73 Å². The van der Waals surface area contributed by atoms with Crippen LogP contribution in [0.5, 0.6) is 0 Å². The molecule has 0 radical (unpaired) electrons. The van der Waals surface area contributed by atoms with Crippen LogP contribution in [0.1, 0.15) is 46.5 Å². The number of aromatic nitrogens is 1. The van der Waals surface area contributed by atoms with Crippen molar-refractivity contribution in [3.63, 3.8) is 0 Å². The summed E-state index contributed by atoms with van der Waals surface area (Å²) < 4.78 is 0. The molecule has 1 aromatic heterocycles. The van der Waals surface area contributed by atoms with Gasteiger partial charge in [0.2, 0.25) is 5.91 Å². The maximum Gasteiger partial charge on any atom is 0.228 e. The van der Waals surface area contributed by atoms with Crippen LogP contribution in [0, 0.1) is 0 Å². The van der Waals surface area contributed by atoms with Crippen LogP contribution in [0.3, 0.4) is 0 Å². The van der Waals surface area contributed by atoms with Gasteiger partial charge in [-0.2, -0.15) is 0 Å². The molecule has 100 valence electrons. The van der Waals surface area contributed by atoms with Crippen molar-refractivity contribution in [2.45, 2.75) is 52.5 Å². The van der Waals surface area contributed by atoms with Gasteiger partial charge >= 0.3 is 0 Å². The number of unbranched alkanes of at least 4 members (excludes halogenated alkanes) is 2.